The van der Waals surface area contributed by atoms with Gasteiger partial charge in [0.05, 0.1) is 11.5 Å². The number of aliphatic hydroxyl groups is 1. The largest absolute Gasteiger partial charge is 0.472 e. The molecule has 1 N–H and O–H groups in total. The minimum atomic E-state index is -0.743. The zero-order chi connectivity index (χ0) is 14.9. The number of carbonyl (C=O) groups is 1. The summed E-state index contributed by atoms with van der Waals surface area (Å²) in [4.78, 5) is 22.3. The Morgan fingerprint density at radius 3 is 2.70 bits per heavy atom. The standard InChI is InChI=1S/C12H17N3O5/c1-8-10(15(18)19)11(20-7-3-6-16)13-14(8)12(4-5-12)9(2)17/h16H,3-7H2,1-2H3. The third-order valence-corrected chi connectivity index (χ3v) is 3.56. The van der Waals surface area contributed by atoms with Crippen LogP contribution < -0.4 is 4.74 Å². The molecule has 0 aliphatic heterocycles. The van der Waals surface area contributed by atoms with Crippen LogP contribution in [0.1, 0.15) is 31.9 Å². The van der Waals surface area contributed by atoms with Crippen LogP contribution in [-0.4, -0.2) is 38.8 Å². The molecular formula is C12H17N3O5. The van der Waals surface area contributed by atoms with Crippen molar-refractivity contribution in [2.45, 2.75) is 38.6 Å². The molecule has 0 atom stereocenters. The zero-order valence-electron chi connectivity index (χ0n) is 11.5. The van der Waals surface area contributed by atoms with E-state index >= 15 is 0 Å². The van der Waals surface area contributed by atoms with Crippen LogP contribution in [0.2, 0.25) is 0 Å². The van der Waals surface area contributed by atoms with Crippen LogP contribution in [0.3, 0.4) is 0 Å². The molecule has 1 heterocycles. The van der Waals surface area contributed by atoms with E-state index in [0.29, 0.717) is 25.0 Å². The number of aromatic nitrogens is 2. The lowest BCUT2D eigenvalue weighted by Crippen LogP contribution is -2.27. The molecule has 0 bridgehead atoms. The lowest BCUT2D eigenvalue weighted by molar-refractivity contribution is -0.386. The van der Waals surface area contributed by atoms with E-state index in [2.05, 4.69) is 5.10 Å². The van der Waals surface area contributed by atoms with Crippen LogP contribution in [0, 0.1) is 17.0 Å². The monoisotopic (exact) mass is 283 g/mol. The molecule has 8 nitrogen and oxygen atoms in total. The minimum Gasteiger partial charge on any atom is -0.472 e. The fourth-order valence-corrected chi connectivity index (χ4v) is 2.26. The van der Waals surface area contributed by atoms with Gasteiger partial charge in [0.15, 0.2) is 5.78 Å². The van der Waals surface area contributed by atoms with E-state index in [9.17, 15) is 14.9 Å². The summed E-state index contributed by atoms with van der Waals surface area (Å²) in [5, 5.41) is 24.0. The van der Waals surface area contributed by atoms with E-state index in [1.54, 1.807) is 6.92 Å². The highest BCUT2D eigenvalue weighted by molar-refractivity contribution is 5.87. The number of ketones is 1. The number of nitro groups is 1. The van der Waals surface area contributed by atoms with E-state index in [0.717, 1.165) is 0 Å². The van der Waals surface area contributed by atoms with Crippen molar-refractivity contribution in [3.05, 3.63) is 15.8 Å². The van der Waals surface area contributed by atoms with Crippen molar-refractivity contribution in [1.82, 2.24) is 9.78 Å². The second-order valence-corrected chi connectivity index (χ2v) is 4.92. The van der Waals surface area contributed by atoms with Gasteiger partial charge < -0.3 is 9.84 Å². The maximum absolute atomic E-state index is 11.7. The maximum atomic E-state index is 11.7. The van der Waals surface area contributed by atoms with Crippen molar-refractivity contribution in [3.8, 4) is 5.88 Å². The molecule has 0 amide bonds. The van der Waals surface area contributed by atoms with Crippen LogP contribution in [-0.2, 0) is 10.3 Å². The fraction of sp³-hybridized carbons (Fsp3) is 0.667. The van der Waals surface area contributed by atoms with Crippen LogP contribution in [0.4, 0.5) is 5.69 Å². The first-order valence-electron chi connectivity index (χ1n) is 6.43. The summed E-state index contributed by atoms with van der Waals surface area (Å²) in [6.45, 7) is 3.10. The third-order valence-electron chi connectivity index (χ3n) is 3.56. The third kappa shape index (κ3) is 2.26. The molecule has 0 unspecified atom stereocenters. The lowest BCUT2D eigenvalue weighted by atomic mass is 10.2. The van der Waals surface area contributed by atoms with Gasteiger partial charge in [-0.05, 0) is 26.7 Å². The quantitative estimate of drug-likeness (QED) is 0.453. The predicted molar refractivity (Wildman–Crippen MR) is 68.7 cm³/mol. The summed E-state index contributed by atoms with van der Waals surface area (Å²) in [6.07, 6.45) is 1.64. The Balaban J connectivity index is 2.38. The highest BCUT2D eigenvalue weighted by atomic mass is 16.6. The van der Waals surface area contributed by atoms with Crippen LogP contribution in [0.5, 0.6) is 5.88 Å². The SMILES string of the molecule is CC(=O)C1(n2nc(OCCCO)c([N+](=O)[O-])c2C)CC1. The first kappa shape index (κ1) is 14.4. The average molecular weight is 283 g/mol. The van der Waals surface area contributed by atoms with Gasteiger partial charge in [-0.15, -0.1) is 5.10 Å². The first-order chi connectivity index (χ1) is 9.44. The number of hydrogen-bond acceptors (Lipinski definition) is 6. The molecular weight excluding hydrogens is 266 g/mol. The molecule has 0 spiro atoms. The van der Waals surface area contributed by atoms with Crippen molar-refractivity contribution in [2.24, 2.45) is 0 Å². The molecule has 1 aromatic heterocycles. The molecule has 1 aliphatic rings. The number of rotatable bonds is 7. The highest BCUT2D eigenvalue weighted by Crippen LogP contribution is 2.47. The average Bonchev–Trinajstić information content (AvgIpc) is 3.10. The van der Waals surface area contributed by atoms with Gasteiger partial charge in [-0.2, -0.15) is 0 Å². The summed E-state index contributed by atoms with van der Waals surface area (Å²) in [7, 11) is 0. The number of ether oxygens (including phenoxy) is 1. The second-order valence-electron chi connectivity index (χ2n) is 4.92. The van der Waals surface area contributed by atoms with Crippen LogP contribution in [0.25, 0.3) is 0 Å². The normalized spacial score (nSPS) is 15.9. The second kappa shape index (κ2) is 5.20. The summed E-state index contributed by atoms with van der Waals surface area (Å²) in [5.74, 6) is -0.145. The van der Waals surface area contributed by atoms with Gasteiger partial charge >= 0.3 is 11.6 Å². The van der Waals surface area contributed by atoms with Crippen molar-refractivity contribution in [3.63, 3.8) is 0 Å². The molecule has 110 valence electrons. The molecule has 0 radical (unpaired) electrons. The van der Waals surface area contributed by atoms with E-state index < -0.39 is 10.5 Å². The van der Waals surface area contributed by atoms with Crippen molar-refractivity contribution >= 4 is 11.5 Å². The summed E-state index contributed by atoms with van der Waals surface area (Å²) < 4.78 is 6.68. The van der Waals surface area contributed by atoms with Gasteiger partial charge in [0, 0.05) is 13.0 Å². The molecule has 0 saturated heterocycles. The first-order valence-corrected chi connectivity index (χ1v) is 6.43. The van der Waals surface area contributed by atoms with Crippen molar-refractivity contribution in [2.75, 3.05) is 13.2 Å². The number of aliphatic hydroxyl groups excluding tert-OH is 1. The van der Waals surface area contributed by atoms with Gasteiger partial charge in [0.1, 0.15) is 11.2 Å². The Bertz CT molecular complexity index is 548. The number of nitrogens with zero attached hydrogens (tertiary/aromatic N) is 3. The Morgan fingerprint density at radius 2 is 2.25 bits per heavy atom. The molecule has 0 aromatic carbocycles. The minimum absolute atomic E-state index is 0.0556. The molecule has 1 fully saturated rings. The summed E-state index contributed by atoms with van der Waals surface area (Å²) >= 11 is 0. The van der Waals surface area contributed by atoms with E-state index in [1.807, 2.05) is 0 Å². The molecule has 1 aromatic rings. The van der Waals surface area contributed by atoms with Crippen molar-refractivity contribution in [1.29, 1.82) is 0 Å². The predicted octanol–water partition coefficient (Wildman–Crippen LogP) is 0.939. The van der Waals surface area contributed by atoms with Gasteiger partial charge in [-0.3, -0.25) is 14.9 Å². The van der Waals surface area contributed by atoms with Gasteiger partial charge in [-0.1, -0.05) is 0 Å². The lowest BCUT2D eigenvalue weighted by Gasteiger charge is -2.12. The molecule has 1 aliphatic carbocycles. The van der Waals surface area contributed by atoms with E-state index in [-0.39, 0.29) is 30.6 Å². The zero-order valence-corrected chi connectivity index (χ0v) is 11.5. The van der Waals surface area contributed by atoms with Crippen LogP contribution in [0.15, 0.2) is 0 Å². The summed E-state index contributed by atoms with van der Waals surface area (Å²) in [6, 6.07) is 0. The molecule has 8 heteroatoms. The molecule has 2 rings (SSSR count). The van der Waals surface area contributed by atoms with Crippen LogP contribution >= 0.6 is 0 Å². The Kier molecular flexibility index (Phi) is 3.76. The molecule has 1 saturated carbocycles. The van der Waals surface area contributed by atoms with Crippen molar-refractivity contribution < 1.29 is 19.6 Å². The van der Waals surface area contributed by atoms with E-state index in [1.165, 1.54) is 11.6 Å². The Hall–Kier alpha value is -1.96. The number of Topliss-reactive ketones (excluding diaryl/α,β-unsaturated/α-hetero) is 1. The highest BCUT2D eigenvalue weighted by Gasteiger charge is 2.52. The van der Waals surface area contributed by atoms with E-state index in [4.69, 9.17) is 9.84 Å². The number of carbonyl (C=O) groups excluding carboxylic acids is 1. The van der Waals surface area contributed by atoms with Gasteiger partial charge in [-0.25, -0.2) is 4.68 Å². The fourth-order valence-electron chi connectivity index (χ4n) is 2.26. The Morgan fingerprint density at radius 1 is 1.60 bits per heavy atom. The maximum Gasteiger partial charge on any atom is 0.353 e. The smallest absolute Gasteiger partial charge is 0.353 e. The number of hydrogen-bond donors (Lipinski definition) is 1. The topological polar surface area (TPSA) is 107 Å². The molecule has 20 heavy (non-hydrogen) atoms. The van der Waals surface area contributed by atoms with Gasteiger partial charge in [0.2, 0.25) is 0 Å². The van der Waals surface area contributed by atoms with Gasteiger partial charge in [0.25, 0.3) is 0 Å². The summed E-state index contributed by atoms with van der Waals surface area (Å²) in [5.41, 5.74) is -0.634. The Labute approximate surface area is 115 Å².